The lowest BCUT2D eigenvalue weighted by molar-refractivity contribution is 0.0576. The van der Waals surface area contributed by atoms with Crippen molar-refractivity contribution in [1.29, 1.82) is 0 Å². The van der Waals surface area contributed by atoms with E-state index in [0.717, 1.165) is 19.8 Å². The van der Waals surface area contributed by atoms with Gasteiger partial charge in [-0.05, 0) is 36.8 Å². The monoisotopic (exact) mass is 248 g/mol. The molecule has 0 aliphatic carbocycles. The zero-order valence-electron chi connectivity index (χ0n) is 11.5. The van der Waals surface area contributed by atoms with Crippen LogP contribution in [0.25, 0.3) is 0 Å². The van der Waals surface area contributed by atoms with E-state index in [0.29, 0.717) is 12.5 Å². The SMILES string of the molecule is Cc1cccc(CN)c1N(C)CC1CCCOC1. The Labute approximate surface area is 110 Å². The third kappa shape index (κ3) is 3.03. The molecule has 1 aliphatic rings. The van der Waals surface area contributed by atoms with E-state index in [1.165, 1.54) is 29.7 Å². The molecule has 0 bridgehead atoms. The van der Waals surface area contributed by atoms with E-state index in [1.54, 1.807) is 0 Å². The molecule has 1 fully saturated rings. The molecule has 1 aromatic carbocycles. The molecule has 100 valence electrons. The van der Waals surface area contributed by atoms with Gasteiger partial charge in [0.2, 0.25) is 0 Å². The summed E-state index contributed by atoms with van der Waals surface area (Å²) in [7, 11) is 2.16. The number of nitrogens with two attached hydrogens (primary N) is 1. The maximum absolute atomic E-state index is 5.84. The number of rotatable bonds is 4. The molecule has 3 heteroatoms. The van der Waals surface area contributed by atoms with Gasteiger partial charge in [-0.15, -0.1) is 0 Å². The first kappa shape index (κ1) is 13.4. The van der Waals surface area contributed by atoms with E-state index in [-0.39, 0.29) is 0 Å². The number of hydrogen-bond donors (Lipinski definition) is 1. The van der Waals surface area contributed by atoms with Gasteiger partial charge in [-0.25, -0.2) is 0 Å². The number of nitrogens with zero attached hydrogens (tertiary/aromatic N) is 1. The van der Waals surface area contributed by atoms with Crippen molar-refractivity contribution < 1.29 is 4.74 Å². The molecule has 18 heavy (non-hydrogen) atoms. The van der Waals surface area contributed by atoms with E-state index in [1.807, 2.05) is 0 Å². The number of hydrogen-bond acceptors (Lipinski definition) is 3. The second-order valence-electron chi connectivity index (χ2n) is 5.25. The third-order valence-electron chi connectivity index (χ3n) is 3.71. The van der Waals surface area contributed by atoms with Crippen LogP contribution >= 0.6 is 0 Å². The molecule has 2 rings (SSSR count). The quantitative estimate of drug-likeness (QED) is 0.888. The Hall–Kier alpha value is -1.06. The molecule has 1 aliphatic heterocycles. The molecular weight excluding hydrogens is 224 g/mol. The third-order valence-corrected chi connectivity index (χ3v) is 3.71. The van der Waals surface area contributed by atoms with E-state index < -0.39 is 0 Å². The Morgan fingerprint density at radius 1 is 1.44 bits per heavy atom. The van der Waals surface area contributed by atoms with Crippen LogP contribution < -0.4 is 10.6 Å². The summed E-state index contributed by atoms with van der Waals surface area (Å²) < 4.78 is 5.55. The van der Waals surface area contributed by atoms with E-state index in [2.05, 4.69) is 37.1 Å². The smallest absolute Gasteiger partial charge is 0.0511 e. The fourth-order valence-corrected chi connectivity index (χ4v) is 2.86. The topological polar surface area (TPSA) is 38.5 Å². The van der Waals surface area contributed by atoms with Gasteiger partial charge >= 0.3 is 0 Å². The molecule has 1 atom stereocenters. The Bertz CT molecular complexity index is 386. The van der Waals surface area contributed by atoms with E-state index in [4.69, 9.17) is 10.5 Å². The number of para-hydroxylation sites is 1. The molecule has 1 heterocycles. The van der Waals surface area contributed by atoms with Gasteiger partial charge in [-0.2, -0.15) is 0 Å². The average molecular weight is 248 g/mol. The summed E-state index contributed by atoms with van der Waals surface area (Å²) in [6.07, 6.45) is 2.46. The van der Waals surface area contributed by atoms with Crippen LogP contribution in [0.2, 0.25) is 0 Å². The molecule has 1 aromatic rings. The van der Waals surface area contributed by atoms with Gasteiger partial charge in [0.15, 0.2) is 0 Å². The lowest BCUT2D eigenvalue weighted by atomic mass is 10.00. The van der Waals surface area contributed by atoms with Gasteiger partial charge in [0.05, 0.1) is 6.61 Å². The number of anilines is 1. The summed E-state index contributed by atoms with van der Waals surface area (Å²) in [6.45, 7) is 5.63. The predicted octanol–water partition coefficient (Wildman–Crippen LogP) is 2.32. The van der Waals surface area contributed by atoms with Crippen molar-refractivity contribution in [3.8, 4) is 0 Å². The number of aryl methyl sites for hydroxylation is 1. The highest BCUT2D eigenvalue weighted by molar-refractivity contribution is 5.58. The highest BCUT2D eigenvalue weighted by Gasteiger charge is 2.18. The van der Waals surface area contributed by atoms with Crippen LogP contribution in [0.1, 0.15) is 24.0 Å². The summed E-state index contributed by atoms with van der Waals surface area (Å²) >= 11 is 0. The first-order valence-corrected chi connectivity index (χ1v) is 6.79. The number of benzene rings is 1. The molecular formula is C15H24N2O. The lowest BCUT2D eigenvalue weighted by Crippen LogP contribution is -2.32. The first-order valence-electron chi connectivity index (χ1n) is 6.79. The van der Waals surface area contributed by atoms with Crippen molar-refractivity contribution in [2.24, 2.45) is 11.7 Å². The molecule has 3 nitrogen and oxygen atoms in total. The minimum atomic E-state index is 0.600. The van der Waals surface area contributed by atoms with Crippen LogP contribution in [0, 0.1) is 12.8 Å². The summed E-state index contributed by atoms with van der Waals surface area (Å²) in [5.41, 5.74) is 9.67. The minimum absolute atomic E-state index is 0.600. The maximum atomic E-state index is 5.84. The van der Waals surface area contributed by atoms with Crippen LogP contribution in [0.5, 0.6) is 0 Å². The minimum Gasteiger partial charge on any atom is -0.381 e. The zero-order chi connectivity index (χ0) is 13.0. The van der Waals surface area contributed by atoms with Gasteiger partial charge in [-0.3, -0.25) is 0 Å². The Kier molecular flexibility index (Phi) is 4.61. The van der Waals surface area contributed by atoms with Crippen molar-refractivity contribution in [3.63, 3.8) is 0 Å². The molecule has 0 amide bonds. The fraction of sp³-hybridized carbons (Fsp3) is 0.600. The van der Waals surface area contributed by atoms with Crippen LogP contribution in [0.3, 0.4) is 0 Å². The largest absolute Gasteiger partial charge is 0.381 e. The Balaban J connectivity index is 2.09. The standard InChI is InChI=1S/C15H24N2O/c1-12-5-3-7-14(9-16)15(12)17(2)10-13-6-4-8-18-11-13/h3,5,7,13H,4,6,8-11,16H2,1-2H3. The van der Waals surface area contributed by atoms with Crippen LogP contribution in [0.4, 0.5) is 5.69 Å². The summed E-state index contributed by atoms with van der Waals surface area (Å²) in [5, 5.41) is 0. The highest BCUT2D eigenvalue weighted by Crippen LogP contribution is 2.26. The Morgan fingerprint density at radius 2 is 2.28 bits per heavy atom. The van der Waals surface area contributed by atoms with Crippen LogP contribution in [-0.4, -0.2) is 26.8 Å². The van der Waals surface area contributed by atoms with Gasteiger partial charge < -0.3 is 15.4 Å². The number of ether oxygens (including phenoxy) is 1. The molecule has 0 spiro atoms. The van der Waals surface area contributed by atoms with E-state index in [9.17, 15) is 0 Å². The molecule has 1 unspecified atom stereocenters. The van der Waals surface area contributed by atoms with Gasteiger partial charge in [-0.1, -0.05) is 18.2 Å². The first-order chi connectivity index (χ1) is 8.72. The Morgan fingerprint density at radius 3 is 2.94 bits per heavy atom. The lowest BCUT2D eigenvalue weighted by Gasteiger charge is -2.30. The summed E-state index contributed by atoms with van der Waals surface area (Å²) in [4.78, 5) is 2.34. The molecule has 0 radical (unpaired) electrons. The molecule has 2 N–H and O–H groups in total. The van der Waals surface area contributed by atoms with Crippen LogP contribution in [-0.2, 0) is 11.3 Å². The highest BCUT2D eigenvalue weighted by atomic mass is 16.5. The zero-order valence-corrected chi connectivity index (χ0v) is 11.5. The average Bonchev–Trinajstić information content (AvgIpc) is 2.39. The van der Waals surface area contributed by atoms with Crippen LogP contribution in [0.15, 0.2) is 18.2 Å². The fourth-order valence-electron chi connectivity index (χ4n) is 2.86. The van der Waals surface area contributed by atoms with Crippen molar-refractivity contribution in [3.05, 3.63) is 29.3 Å². The van der Waals surface area contributed by atoms with Crippen molar-refractivity contribution in [1.82, 2.24) is 0 Å². The normalized spacial score (nSPS) is 19.8. The van der Waals surface area contributed by atoms with Gasteiger partial charge in [0.1, 0.15) is 0 Å². The maximum Gasteiger partial charge on any atom is 0.0511 e. The predicted molar refractivity (Wildman–Crippen MR) is 75.9 cm³/mol. The van der Waals surface area contributed by atoms with Gasteiger partial charge in [0, 0.05) is 32.4 Å². The van der Waals surface area contributed by atoms with E-state index >= 15 is 0 Å². The van der Waals surface area contributed by atoms with Crippen molar-refractivity contribution in [2.75, 3.05) is 31.7 Å². The molecule has 0 saturated carbocycles. The van der Waals surface area contributed by atoms with Gasteiger partial charge in [0.25, 0.3) is 0 Å². The second kappa shape index (κ2) is 6.21. The second-order valence-corrected chi connectivity index (χ2v) is 5.25. The molecule has 1 saturated heterocycles. The summed E-state index contributed by atoms with van der Waals surface area (Å²) in [6, 6.07) is 6.36. The van der Waals surface area contributed by atoms with Crippen molar-refractivity contribution in [2.45, 2.75) is 26.3 Å². The van der Waals surface area contributed by atoms with Crippen molar-refractivity contribution >= 4 is 5.69 Å². The molecule has 0 aromatic heterocycles. The summed E-state index contributed by atoms with van der Waals surface area (Å²) in [5.74, 6) is 0.647.